The molecule has 1 unspecified atom stereocenters. The summed E-state index contributed by atoms with van der Waals surface area (Å²) in [5.41, 5.74) is 0. The Kier molecular flexibility index (Phi) is 7.71. The molecule has 3 fully saturated rings. The van der Waals surface area contributed by atoms with Crippen LogP contribution in [0.25, 0.3) is 0 Å². The highest BCUT2D eigenvalue weighted by atomic mass is 16.5. The molecule has 2 heterocycles. The van der Waals surface area contributed by atoms with Gasteiger partial charge in [-0.25, -0.2) is 0 Å². The molecule has 0 aromatic carbocycles. The van der Waals surface area contributed by atoms with Gasteiger partial charge in [0.25, 0.3) is 0 Å². The first-order chi connectivity index (χ1) is 10.9. The number of piperidine rings is 1. The Morgan fingerprint density at radius 3 is 2.23 bits per heavy atom. The Bertz CT molecular complexity index is 335. The van der Waals surface area contributed by atoms with Crippen LogP contribution in [0.4, 0.5) is 0 Å². The molecule has 0 N–H and O–H groups in total. The lowest BCUT2D eigenvalue weighted by atomic mass is 10.1. The number of ether oxygens (including phenoxy) is 1. The van der Waals surface area contributed by atoms with Gasteiger partial charge in [0.1, 0.15) is 6.10 Å². The van der Waals surface area contributed by atoms with E-state index in [1.54, 1.807) is 0 Å². The third-order valence-corrected chi connectivity index (χ3v) is 5.12. The van der Waals surface area contributed by atoms with Crippen LogP contribution >= 0.6 is 0 Å². The molecule has 0 aromatic heterocycles. The smallest absolute Gasteiger partial charge is 0.340 e. The van der Waals surface area contributed by atoms with E-state index in [9.17, 15) is 0 Å². The van der Waals surface area contributed by atoms with Crippen LogP contribution in [-0.4, -0.2) is 54.2 Å². The van der Waals surface area contributed by atoms with Crippen molar-refractivity contribution in [3.63, 3.8) is 0 Å². The van der Waals surface area contributed by atoms with Gasteiger partial charge in [0, 0.05) is 6.54 Å². The van der Waals surface area contributed by atoms with Crippen LogP contribution in [0.2, 0.25) is 0 Å². The third-order valence-electron chi connectivity index (χ3n) is 5.12. The maximum Gasteiger partial charge on any atom is 0.340 e. The average molecular weight is 310 g/mol. The zero-order valence-corrected chi connectivity index (χ0v) is 15.1. The molecule has 3 nitrogen and oxygen atoms in total. The van der Waals surface area contributed by atoms with Gasteiger partial charge in [-0.2, -0.15) is 4.58 Å². The van der Waals surface area contributed by atoms with Gasteiger partial charge in [0.15, 0.2) is 0 Å². The van der Waals surface area contributed by atoms with Crippen molar-refractivity contribution in [1.82, 2.24) is 4.90 Å². The molecule has 0 radical (unpaired) electrons. The van der Waals surface area contributed by atoms with E-state index in [0.29, 0.717) is 6.10 Å². The number of nitrogens with zero attached hydrogens (tertiary/aromatic N) is 2. The molecule has 0 bridgehead atoms. The maximum atomic E-state index is 6.51. The molecule has 2 aliphatic heterocycles. The molecule has 3 heteroatoms. The largest absolute Gasteiger partial charge is 0.443 e. The van der Waals surface area contributed by atoms with Crippen molar-refractivity contribution in [2.45, 2.75) is 78.2 Å². The molecule has 3 rings (SSSR count). The summed E-state index contributed by atoms with van der Waals surface area (Å²) in [7, 11) is 0. The number of likely N-dealkylation sites (tertiary alicyclic amines) is 1. The van der Waals surface area contributed by atoms with Crippen LogP contribution < -0.4 is 0 Å². The molecule has 1 atom stereocenters. The molecule has 22 heavy (non-hydrogen) atoms. The molecule has 0 amide bonds. The SMILES string of the molecule is CC.CCC(CN1CCCCC1)OC(C1CCCC1)=[N+]1CC1. The lowest BCUT2D eigenvalue weighted by molar-refractivity contribution is -0.355. The predicted octanol–water partition coefficient (Wildman–Crippen LogP) is 3.91. The second-order valence-corrected chi connectivity index (χ2v) is 6.82. The second-order valence-electron chi connectivity index (χ2n) is 6.82. The Balaban J connectivity index is 0.000000847. The first kappa shape index (κ1) is 17.8. The Hall–Kier alpha value is -0.570. The normalized spacial score (nSPS) is 23.7. The average Bonchev–Trinajstić information content (AvgIpc) is 3.28. The van der Waals surface area contributed by atoms with Crippen molar-refractivity contribution < 1.29 is 9.31 Å². The minimum absolute atomic E-state index is 0.407. The van der Waals surface area contributed by atoms with E-state index in [2.05, 4.69) is 16.4 Å². The molecule has 3 aliphatic rings. The zero-order valence-electron chi connectivity index (χ0n) is 15.1. The monoisotopic (exact) mass is 309 g/mol. The summed E-state index contributed by atoms with van der Waals surface area (Å²) in [4.78, 5) is 2.62. The molecule has 1 aliphatic carbocycles. The predicted molar refractivity (Wildman–Crippen MR) is 93.8 cm³/mol. The van der Waals surface area contributed by atoms with Gasteiger partial charge in [-0.3, -0.25) is 4.90 Å². The van der Waals surface area contributed by atoms with Crippen LogP contribution in [0.1, 0.15) is 72.1 Å². The van der Waals surface area contributed by atoms with E-state index in [-0.39, 0.29) is 0 Å². The van der Waals surface area contributed by atoms with Gasteiger partial charge in [0.05, 0.1) is 5.92 Å². The standard InChI is InChI=1S/C17H31N2O.C2H6/c1-2-16(14-18-10-6-3-7-11-18)20-17(19-12-13-19)15-8-4-5-9-15;1-2/h15-16H,2-14H2,1H3;1-2H3/q+1;. The fourth-order valence-corrected chi connectivity index (χ4v) is 3.72. The van der Waals surface area contributed by atoms with E-state index < -0.39 is 0 Å². The van der Waals surface area contributed by atoms with Crippen LogP contribution in [0.5, 0.6) is 0 Å². The fraction of sp³-hybridized carbons (Fsp3) is 0.947. The van der Waals surface area contributed by atoms with Gasteiger partial charge >= 0.3 is 5.90 Å². The van der Waals surface area contributed by atoms with Crippen LogP contribution in [0, 0.1) is 5.92 Å². The number of hydrogen-bond acceptors (Lipinski definition) is 2. The fourth-order valence-electron chi connectivity index (χ4n) is 3.72. The lowest BCUT2D eigenvalue weighted by Crippen LogP contribution is -2.39. The van der Waals surface area contributed by atoms with Gasteiger partial charge in [0.2, 0.25) is 13.1 Å². The van der Waals surface area contributed by atoms with E-state index in [1.807, 2.05) is 13.8 Å². The van der Waals surface area contributed by atoms with Crippen LogP contribution in [0.3, 0.4) is 0 Å². The third kappa shape index (κ3) is 5.26. The second kappa shape index (κ2) is 9.54. The molecular weight excluding hydrogens is 272 g/mol. The molecule has 2 saturated heterocycles. The van der Waals surface area contributed by atoms with Crippen molar-refractivity contribution in [3.8, 4) is 0 Å². The summed E-state index contributed by atoms with van der Waals surface area (Å²) in [5, 5.41) is 0. The van der Waals surface area contributed by atoms with Crippen molar-refractivity contribution in [2.75, 3.05) is 32.7 Å². The van der Waals surface area contributed by atoms with Crippen molar-refractivity contribution in [2.24, 2.45) is 5.92 Å². The summed E-state index contributed by atoms with van der Waals surface area (Å²) in [6.45, 7) is 12.4. The summed E-state index contributed by atoms with van der Waals surface area (Å²) in [5.74, 6) is 2.08. The Morgan fingerprint density at radius 2 is 1.68 bits per heavy atom. The number of rotatable bonds is 5. The van der Waals surface area contributed by atoms with Gasteiger partial charge in [-0.05, 0) is 45.2 Å². The highest BCUT2D eigenvalue weighted by Gasteiger charge is 2.37. The highest BCUT2D eigenvalue weighted by molar-refractivity contribution is 5.74. The first-order valence-electron chi connectivity index (χ1n) is 9.87. The summed E-state index contributed by atoms with van der Waals surface area (Å²) in [6, 6.07) is 0. The van der Waals surface area contributed by atoms with E-state index in [1.165, 1.54) is 77.0 Å². The van der Waals surface area contributed by atoms with Gasteiger partial charge < -0.3 is 4.74 Å². The van der Waals surface area contributed by atoms with Crippen molar-refractivity contribution in [3.05, 3.63) is 0 Å². The Labute approximate surface area is 137 Å². The number of hydrogen-bond donors (Lipinski definition) is 0. The van der Waals surface area contributed by atoms with Gasteiger partial charge in [-0.15, -0.1) is 0 Å². The summed E-state index contributed by atoms with van der Waals surface area (Å²) >= 11 is 0. The van der Waals surface area contributed by atoms with Crippen LogP contribution in [0.15, 0.2) is 0 Å². The minimum Gasteiger partial charge on any atom is -0.443 e. The first-order valence-corrected chi connectivity index (χ1v) is 9.87. The highest BCUT2D eigenvalue weighted by Crippen LogP contribution is 2.28. The molecule has 0 spiro atoms. The van der Waals surface area contributed by atoms with E-state index in [4.69, 9.17) is 4.74 Å². The zero-order chi connectivity index (χ0) is 15.8. The maximum absolute atomic E-state index is 6.51. The van der Waals surface area contributed by atoms with Gasteiger partial charge in [-0.1, -0.05) is 40.0 Å². The van der Waals surface area contributed by atoms with Crippen molar-refractivity contribution in [1.29, 1.82) is 0 Å². The Morgan fingerprint density at radius 1 is 1.05 bits per heavy atom. The van der Waals surface area contributed by atoms with E-state index >= 15 is 0 Å². The van der Waals surface area contributed by atoms with Crippen LogP contribution in [-0.2, 0) is 4.74 Å². The molecule has 128 valence electrons. The molecular formula is C19H37N2O+. The quantitative estimate of drug-likeness (QED) is 0.435. The minimum atomic E-state index is 0.407. The lowest BCUT2D eigenvalue weighted by Gasteiger charge is -2.30. The molecule has 1 saturated carbocycles. The summed E-state index contributed by atoms with van der Waals surface area (Å²) < 4.78 is 8.98. The summed E-state index contributed by atoms with van der Waals surface area (Å²) in [6.07, 6.45) is 11.2. The van der Waals surface area contributed by atoms with E-state index in [0.717, 1.165) is 18.9 Å². The molecule has 0 aromatic rings. The topological polar surface area (TPSA) is 15.5 Å². The van der Waals surface area contributed by atoms with Crippen molar-refractivity contribution >= 4 is 5.90 Å².